The fourth-order valence-corrected chi connectivity index (χ4v) is 2.33. The maximum atomic E-state index is 12.9. The van der Waals surface area contributed by atoms with Crippen LogP contribution in [-0.4, -0.2) is 19.5 Å². The molecule has 0 aliphatic carbocycles. The van der Waals surface area contributed by atoms with Crippen LogP contribution >= 0.6 is 12.4 Å². The van der Waals surface area contributed by atoms with E-state index in [1.807, 2.05) is 39.1 Å². The van der Waals surface area contributed by atoms with E-state index >= 15 is 0 Å². The molecule has 1 unspecified atom stereocenters. The third-order valence-corrected chi connectivity index (χ3v) is 3.71. The molecule has 0 radical (unpaired) electrons. The molecule has 1 amide bonds. The van der Waals surface area contributed by atoms with Gasteiger partial charge < -0.3 is 15.4 Å². The van der Waals surface area contributed by atoms with Crippen molar-refractivity contribution in [2.45, 2.75) is 20.4 Å². The van der Waals surface area contributed by atoms with Crippen LogP contribution in [0.3, 0.4) is 0 Å². The maximum absolute atomic E-state index is 12.9. The Morgan fingerprint density at radius 1 is 1.20 bits per heavy atom. The average Bonchev–Trinajstić information content (AvgIpc) is 2.57. The van der Waals surface area contributed by atoms with Crippen LogP contribution in [-0.2, 0) is 11.3 Å². The van der Waals surface area contributed by atoms with Crippen LogP contribution in [0, 0.1) is 18.7 Å². The number of carbonyl (C=O) groups excluding carboxylic acids is 1. The molecule has 0 heterocycles. The fourth-order valence-electron chi connectivity index (χ4n) is 2.33. The van der Waals surface area contributed by atoms with Gasteiger partial charge in [0.25, 0.3) is 0 Å². The molecule has 4 nitrogen and oxygen atoms in total. The van der Waals surface area contributed by atoms with Crippen molar-refractivity contribution in [2.24, 2.45) is 5.92 Å². The molecule has 0 aliphatic heterocycles. The van der Waals surface area contributed by atoms with E-state index in [0.717, 1.165) is 11.1 Å². The van der Waals surface area contributed by atoms with Gasteiger partial charge in [-0.05, 0) is 55.4 Å². The summed E-state index contributed by atoms with van der Waals surface area (Å²) < 4.78 is 18.7. The number of nitrogens with one attached hydrogen (secondary N) is 2. The summed E-state index contributed by atoms with van der Waals surface area (Å²) in [6.07, 6.45) is 0. The van der Waals surface area contributed by atoms with E-state index in [1.165, 1.54) is 12.1 Å². The highest BCUT2D eigenvalue weighted by Gasteiger charge is 2.11. The summed E-state index contributed by atoms with van der Waals surface area (Å²) in [5.41, 5.74) is 1.96. The number of aryl methyl sites for hydroxylation is 1. The first-order valence-electron chi connectivity index (χ1n) is 7.95. The molecule has 2 aromatic carbocycles. The second-order valence-corrected chi connectivity index (χ2v) is 5.83. The summed E-state index contributed by atoms with van der Waals surface area (Å²) in [6.45, 7) is 4.95. The van der Waals surface area contributed by atoms with Gasteiger partial charge in [-0.2, -0.15) is 0 Å². The molecule has 0 bridgehead atoms. The highest BCUT2D eigenvalue weighted by atomic mass is 35.5. The van der Waals surface area contributed by atoms with Crippen molar-refractivity contribution in [1.29, 1.82) is 0 Å². The largest absolute Gasteiger partial charge is 0.457 e. The van der Waals surface area contributed by atoms with Gasteiger partial charge in [0.15, 0.2) is 0 Å². The van der Waals surface area contributed by atoms with E-state index in [9.17, 15) is 9.18 Å². The second-order valence-electron chi connectivity index (χ2n) is 5.83. The fraction of sp³-hybridized carbons (Fsp3) is 0.316. The van der Waals surface area contributed by atoms with Gasteiger partial charge >= 0.3 is 0 Å². The molecule has 2 rings (SSSR count). The maximum Gasteiger partial charge on any atom is 0.224 e. The van der Waals surface area contributed by atoms with Gasteiger partial charge in [-0.25, -0.2) is 4.39 Å². The Balaban J connectivity index is 0.00000312. The summed E-state index contributed by atoms with van der Waals surface area (Å²) in [4.78, 5) is 11.9. The van der Waals surface area contributed by atoms with Gasteiger partial charge in [0.05, 0.1) is 0 Å². The van der Waals surface area contributed by atoms with Crippen molar-refractivity contribution in [2.75, 3.05) is 13.6 Å². The number of ether oxygens (including phenoxy) is 1. The predicted molar refractivity (Wildman–Crippen MR) is 99.8 cm³/mol. The van der Waals surface area contributed by atoms with Gasteiger partial charge in [0.2, 0.25) is 5.91 Å². The number of rotatable bonds is 7. The first-order chi connectivity index (χ1) is 11.5. The molecule has 1 atom stereocenters. The molecule has 0 spiro atoms. The molecular formula is C19H24ClFN2O2. The normalized spacial score (nSPS) is 11.4. The topological polar surface area (TPSA) is 50.4 Å². The summed E-state index contributed by atoms with van der Waals surface area (Å²) in [6, 6.07) is 11.6. The average molecular weight is 367 g/mol. The van der Waals surface area contributed by atoms with Crippen LogP contribution in [0.5, 0.6) is 11.5 Å². The summed E-state index contributed by atoms with van der Waals surface area (Å²) in [5, 5.41) is 5.91. The molecule has 136 valence electrons. The Bertz CT molecular complexity index is 692. The van der Waals surface area contributed by atoms with Gasteiger partial charge in [-0.15, -0.1) is 12.4 Å². The third kappa shape index (κ3) is 6.36. The Morgan fingerprint density at radius 3 is 2.48 bits per heavy atom. The van der Waals surface area contributed by atoms with Crippen LogP contribution < -0.4 is 15.4 Å². The zero-order chi connectivity index (χ0) is 17.5. The quantitative estimate of drug-likeness (QED) is 0.783. The number of carbonyl (C=O) groups is 1. The lowest BCUT2D eigenvalue weighted by Crippen LogP contribution is -2.33. The summed E-state index contributed by atoms with van der Waals surface area (Å²) in [5.74, 6) is 0.949. The molecule has 25 heavy (non-hydrogen) atoms. The summed E-state index contributed by atoms with van der Waals surface area (Å²) in [7, 11) is 1.83. The van der Waals surface area contributed by atoms with Crippen molar-refractivity contribution >= 4 is 18.3 Å². The van der Waals surface area contributed by atoms with Crippen molar-refractivity contribution in [3.8, 4) is 11.5 Å². The number of hydrogen-bond donors (Lipinski definition) is 2. The Kier molecular flexibility index (Phi) is 8.38. The molecule has 0 fully saturated rings. The van der Waals surface area contributed by atoms with E-state index in [1.54, 1.807) is 12.1 Å². The number of halogens is 2. The van der Waals surface area contributed by atoms with Crippen LogP contribution in [0.15, 0.2) is 42.5 Å². The predicted octanol–water partition coefficient (Wildman–Crippen LogP) is 3.82. The molecular weight excluding hydrogens is 343 g/mol. The lowest BCUT2D eigenvalue weighted by Gasteiger charge is -2.13. The van der Waals surface area contributed by atoms with Crippen molar-refractivity contribution in [3.63, 3.8) is 0 Å². The molecule has 0 saturated heterocycles. The minimum Gasteiger partial charge on any atom is -0.457 e. The van der Waals surface area contributed by atoms with E-state index in [-0.39, 0.29) is 30.0 Å². The lowest BCUT2D eigenvalue weighted by molar-refractivity contribution is -0.124. The molecule has 0 aliphatic rings. The zero-order valence-corrected chi connectivity index (χ0v) is 15.5. The SMILES string of the molecule is CNCC(C)C(=O)NCc1ccc(Oc2ccc(F)cc2)c(C)c1.Cl. The Morgan fingerprint density at radius 2 is 1.88 bits per heavy atom. The monoisotopic (exact) mass is 366 g/mol. The van der Waals surface area contributed by atoms with Crippen LogP contribution in [0.25, 0.3) is 0 Å². The van der Waals surface area contributed by atoms with Crippen LogP contribution in [0.4, 0.5) is 4.39 Å². The number of benzene rings is 2. The zero-order valence-electron chi connectivity index (χ0n) is 14.6. The van der Waals surface area contributed by atoms with E-state index < -0.39 is 0 Å². The Hall–Kier alpha value is -2.11. The van der Waals surface area contributed by atoms with Crippen LogP contribution in [0.1, 0.15) is 18.1 Å². The molecule has 2 aromatic rings. The second kappa shape index (κ2) is 10.0. The first kappa shape index (κ1) is 20.9. The third-order valence-electron chi connectivity index (χ3n) is 3.71. The lowest BCUT2D eigenvalue weighted by atomic mass is 10.1. The van der Waals surface area contributed by atoms with Crippen LogP contribution in [0.2, 0.25) is 0 Å². The van der Waals surface area contributed by atoms with Gasteiger partial charge in [-0.3, -0.25) is 4.79 Å². The number of amides is 1. The molecule has 6 heteroatoms. The van der Waals surface area contributed by atoms with E-state index in [4.69, 9.17) is 4.74 Å². The minimum atomic E-state index is -0.294. The molecule has 0 aromatic heterocycles. The first-order valence-corrected chi connectivity index (χ1v) is 7.95. The molecule has 2 N–H and O–H groups in total. The van der Waals surface area contributed by atoms with Gasteiger partial charge in [0, 0.05) is 19.0 Å². The smallest absolute Gasteiger partial charge is 0.224 e. The minimum absolute atomic E-state index is 0. The number of hydrogen-bond acceptors (Lipinski definition) is 3. The highest BCUT2D eigenvalue weighted by molar-refractivity contribution is 5.85. The summed E-state index contributed by atoms with van der Waals surface area (Å²) >= 11 is 0. The van der Waals surface area contributed by atoms with Crippen molar-refractivity contribution in [3.05, 3.63) is 59.4 Å². The van der Waals surface area contributed by atoms with Crippen molar-refractivity contribution in [1.82, 2.24) is 10.6 Å². The van der Waals surface area contributed by atoms with Crippen molar-refractivity contribution < 1.29 is 13.9 Å². The van der Waals surface area contributed by atoms with Gasteiger partial charge in [0.1, 0.15) is 17.3 Å². The molecule has 0 saturated carbocycles. The Labute approximate surface area is 154 Å². The van der Waals surface area contributed by atoms with E-state index in [2.05, 4.69) is 10.6 Å². The van der Waals surface area contributed by atoms with E-state index in [0.29, 0.717) is 24.6 Å². The van der Waals surface area contributed by atoms with Gasteiger partial charge in [-0.1, -0.05) is 19.1 Å². The standard InChI is InChI=1S/C19H23FN2O2.ClH/c1-13-10-15(12-22-19(23)14(2)11-21-3)4-9-18(13)24-17-7-5-16(20)6-8-17;/h4-10,14,21H,11-12H2,1-3H3,(H,22,23);1H. The highest BCUT2D eigenvalue weighted by Crippen LogP contribution is 2.25.